The van der Waals surface area contributed by atoms with Crippen molar-refractivity contribution in [3.05, 3.63) is 0 Å². The Morgan fingerprint density at radius 3 is 1.88 bits per heavy atom. The Morgan fingerprint density at radius 1 is 0.941 bits per heavy atom. The standard InChI is InChI=1S/C12H24O4S/c1-3-4-5-6-7-8-9-10-11-12(13)16-17(2,14)15/h3-11H2,1-2H3. The second-order valence-electron chi connectivity index (χ2n) is 4.38. The highest BCUT2D eigenvalue weighted by Gasteiger charge is 2.09. The molecule has 0 rings (SSSR count). The largest absolute Gasteiger partial charge is 0.346 e. The van der Waals surface area contributed by atoms with Gasteiger partial charge in [0.25, 0.3) is 0 Å². The molecule has 0 atom stereocenters. The van der Waals surface area contributed by atoms with E-state index in [1.165, 1.54) is 32.1 Å². The molecule has 0 saturated heterocycles. The second-order valence-corrected chi connectivity index (χ2v) is 5.96. The summed E-state index contributed by atoms with van der Waals surface area (Å²) in [7, 11) is -3.63. The first-order chi connectivity index (χ1) is 7.95. The van der Waals surface area contributed by atoms with Crippen LogP contribution in [0.2, 0.25) is 0 Å². The third-order valence-electron chi connectivity index (χ3n) is 2.48. The van der Waals surface area contributed by atoms with Gasteiger partial charge in [0.2, 0.25) is 0 Å². The minimum atomic E-state index is -3.63. The molecule has 0 aromatic heterocycles. The molecule has 102 valence electrons. The number of unbranched alkanes of at least 4 members (excludes halogenated alkanes) is 7. The Hall–Kier alpha value is -0.580. The Labute approximate surface area is 105 Å². The van der Waals surface area contributed by atoms with Crippen molar-refractivity contribution in [2.75, 3.05) is 6.26 Å². The molecule has 0 N–H and O–H groups in total. The molecule has 0 saturated carbocycles. The average molecular weight is 264 g/mol. The van der Waals surface area contributed by atoms with Crippen molar-refractivity contribution >= 4 is 16.1 Å². The zero-order chi connectivity index (χ0) is 13.1. The van der Waals surface area contributed by atoms with Gasteiger partial charge in [0, 0.05) is 6.42 Å². The normalized spacial score (nSPS) is 11.4. The highest BCUT2D eigenvalue weighted by atomic mass is 32.2. The molecule has 4 nitrogen and oxygen atoms in total. The SMILES string of the molecule is CCCCCCCCCCC(=O)OS(C)(=O)=O. The highest BCUT2D eigenvalue weighted by Crippen LogP contribution is 2.10. The van der Waals surface area contributed by atoms with Gasteiger partial charge in [-0.05, 0) is 6.42 Å². The Bertz CT molecular complexity index is 296. The molecule has 0 aromatic carbocycles. The summed E-state index contributed by atoms with van der Waals surface area (Å²) in [4.78, 5) is 11.0. The van der Waals surface area contributed by atoms with Crippen molar-refractivity contribution in [2.24, 2.45) is 0 Å². The molecule has 0 aromatic rings. The monoisotopic (exact) mass is 264 g/mol. The van der Waals surface area contributed by atoms with Gasteiger partial charge in [-0.2, -0.15) is 8.42 Å². The Balaban J connectivity index is 3.31. The van der Waals surface area contributed by atoms with Gasteiger partial charge in [0.1, 0.15) is 0 Å². The molecule has 0 heterocycles. The fourth-order valence-electron chi connectivity index (χ4n) is 1.61. The summed E-state index contributed by atoms with van der Waals surface area (Å²) >= 11 is 0. The van der Waals surface area contributed by atoms with Gasteiger partial charge in [0.05, 0.1) is 6.26 Å². The minimum absolute atomic E-state index is 0.196. The number of hydrogen-bond acceptors (Lipinski definition) is 4. The predicted molar refractivity (Wildman–Crippen MR) is 68.2 cm³/mol. The van der Waals surface area contributed by atoms with E-state index in [4.69, 9.17) is 0 Å². The molecule has 0 aliphatic carbocycles. The molecule has 0 unspecified atom stereocenters. The van der Waals surface area contributed by atoms with Crippen molar-refractivity contribution in [2.45, 2.75) is 64.7 Å². The summed E-state index contributed by atoms with van der Waals surface area (Å²) in [6.45, 7) is 2.19. The third-order valence-corrected chi connectivity index (χ3v) is 2.97. The second kappa shape index (κ2) is 9.45. The summed E-state index contributed by atoms with van der Waals surface area (Å²) in [5.74, 6) is -0.640. The van der Waals surface area contributed by atoms with Crippen LogP contribution < -0.4 is 0 Å². The van der Waals surface area contributed by atoms with Gasteiger partial charge in [-0.25, -0.2) is 0 Å². The zero-order valence-corrected chi connectivity index (χ0v) is 11.7. The molecule has 0 bridgehead atoms. The average Bonchev–Trinajstić information content (AvgIpc) is 2.19. The van der Waals surface area contributed by atoms with Crippen LogP contribution in [0.3, 0.4) is 0 Å². The minimum Gasteiger partial charge on any atom is -0.346 e. The van der Waals surface area contributed by atoms with Crippen LogP contribution in [0, 0.1) is 0 Å². The fourth-order valence-corrected chi connectivity index (χ4v) is 2.03. The number of carbonyl (C=O) groups is 1. The molecule has 17 heavy (non-hydrogen) atoms. The predicted octanol–water partition coefficient (Wildman–Crippen LogP) is 3.02. The van der Waals surface area contributed by atoms with Gasteiger partial charge < -0.3 is 4.18 Å². The number of rotatable bonds is 10. The number of carbonyl (C=O) groups excluding carboxylic acids is 1. The lowest BCUT2D eigenvalue weighted by atomic mass is 10.1. The third kappa shape index (κ3) is 13.4. The van der Waals surface area contributed by atoms with E-state index in [9.17, 15) is 13.2 Å². The maximum atomic E-state index is 11.0. The van der Waals surface area contributed by atoms with Crippen LogP contribution in [-0.2, 0) is 19.1 Å². The lowest BCUT2D eigenvalue weighted by molar-refractivity contribution is -0.133. The van der Waals surface area contributed by atoms with Crippen LogP contribution in [-0.4, -0.2) is 20.6 Å². The quantitative estimate of drug-likeness (QED) is 0.449. The molecule has 0 radical (unpaired) electrons. The number of hydrogen-bond donors (Lipinski definition) is 0. The van der Waals surface area contributed by atoms with Crippen LogP contribution in [0.1, 0.15) is 64.7 Å². The Kier molecular flexibility index (Phi) is 9.13. The first-order valence-corrected chi connectivity index (χ1v) is 8.19. The van der Waals surface area contributed by atoms with E-state index in [1.54, 1.807) is 0 Å². The fraction of sp³-hybridized carbons (Fsp3) is 0.917. The summed E-state index contributed by atoms with van der Waals surface area (Å²) in [5, 5.41) is 0. The van der Waals surface area contributed by atoms with Crippen LogP contribution in [0.4, 0.5) is 0 Å². The lowest BCUT2D eigenvalue weighted by Crippen LogP contribution is -2.10. The van der Waals surface area contributed by atoms with Crippen molar-refractivity contribution in [1.29, 1.82) is 0 Å². The zero-order valence-electron chi connectivity index (χ0n) is 10.9. The molecule has 0 amide bonds. The Morgan fingerprint density at radius 2 is 1.41 bits per heavy atom. The van der Waals surface area contributed by atoms with Gasteiger partial charge in [-0.1, -0.05) is 51.9 Å². The summed E-state index contributed by atoms with van der Waals surface area (Å²) in [5.41, 5.74) is 0. The first-order valence-electron chi connectivity index (χ1n) is 6.38. The maximum Gasteiger partial charge on any atom is 0.322 e. The smallest absolute Gasteiger partial charge is 0.322 e. The van der Waals surface area contributed by atoms with E-state index in [2.05, 4.69) is 11.1 Å². The van der Waals surface area contributed by atoms with Crippen LogP contribution in [0.25, 0.3) is 0 Å². The van der Waals surface area contributed by atoms with Gasteiger partial charge >= 0.3 is 16.1 Å². The van der Waals surface area contributed by atoms with Gasteiger partial charge in [-0.15, -0.1) is 0 Å². The van der Waals surface area contributed by atoms with Crippen LogP contribution in [0.15, 0.2) is 0 Å². The summed E-state index contributed by atoms with van der Waals surface area (Å²) in [6.07, 6.45) is 10.1. The molecular formula is C12H24O4S. The van der Waals surface area contributed by atoms with E-state index < -0.39 is 16.1 Å². The molecule has 0 aliphatic heterocycles. The maximum absolute atomic E-state index is 11.0. The lowest BCUT2D eigenvalue weighted by Gasteiger charge is -2.02. The summed E-state index contributed by atoms with van der Waals surface area (Å²) in [6, 6.07) is 0. The van der Waals surface area contributed by atoms with E-state index in [0.717, 1.165) is 19.1 Å². The molecule has 0 spiro atoms. The topological polar surface area (TPSA) is 60.4 Å². The molecule has 0 aliphatic rings. The van der Waals surface area contributed by atoms with Gasteiger partial charge in [0.15, 0.2) is 0 Å². The molecule has 5 heteroatoms. The molecule has 0 fully saturated rings. The van der Waals surface area contributed by atoms with Crippen molar-refractivity contribution in [1.82, 2.24) is 0 Å². The van der Waals surface area contributed by atoms with Crippen molar-refractivity contribution < 1.29 is 17.4 Å². The van der Waals surface area contributed by atoms with Crippen molar-refractivity contribution in [3.63, 3.8) is 0 Å². The highest BCUT2D eigenvalue weighted by molar-refractivity contribution is 7.86. The summed E-state index contributed by atoms with van der Waals surface area (Å²) < 4.78 is 25.5. The first kappa shape index (κ1) is 16.4. The van der Waals surface area contributed by atoms with Gasteiger partial charge in [-0.3, -0.25) is 4.79 Å². The van der Waals surface area contributed by atoms with Crippen LogP contribution >= 0.6 is 0 Å². The van der Waals surface area contributed by atoms with Crippen molar-refractivity contribution in [3.8, 4) is 0 Å². The molecular weight excluding hydrogens is 240 g/mol. The van der Waals surface area contributed by atoms with E-state index in [-0.39, 0.29) is 6.42 Å². The van der Waals surface area contributed by atoms with E-state index in [1.807, 2.05) is 0 Å². The van der Waals surface area contributed by atoms with E-state index >= 15 is 0 Å². The van der Waals surface area contributed by atoms with Crippen LogP contribution in [0.5, 0.6) is 0 Å². The van der Waals surface area contributed by atoms with E-state index in [0.29, 0.717) is 6.42 Å².